The fourth-order valence-electron chi connectivity index (χ4n) is 4.96. The minimum Gasteiger partial charge on any atom is -0.302 e. The van der Waals surface area contributed by atoms with Gasteiger partial charge in [-0.15, -0.1) is 0 Å². The van der Waals surface area contributed by atoms with E-state index in [1.54, 1.807) is 0 Å². The second-order valence-electron chi connectivity index (χ2n) is 9.67. The summed E-state index contributed by atoms with van der Waals surface area (Å²) in [6.45, 7) is 12.7. The molecule has 1 heterocycles. The Morgan fingerprint density at radius 3 is 2.13 bits per heavy atom. The summed E-state index contributed by atoms with van der Waals surface area (Å²) in [6, 6.07) is 26.9. The molecule has 1 aliphatic rings. The predicted molar refractivity (Wildman–Crippen MR) is 129 cm³/mol. The number of aryl methyl sites for hydroxylation is 1. The van der Waals surface area contributed by atoms with E-state index in [1.165, 1.54) is 59.3 Å². The molecule has 1 saturated heterocycles. The molecule has 0 N–H and O–H groups in total. The van der Waals surface area contributed by atoms with Crippen LogP contribution in [0.4, 0.5) is 0 Å². The number of hydrogen-bond acceptors (Lipinski definition) is 1. The van der Waals surface area contributed by atoms with E-state index in [0.29, 0.717) is 5.92 Å². The summed E-state index contributed by atoms with van der Waals surface area (Å²) in [7, 11) is 0. The van der Waals surface area contributed by atoms with Crippen LogP contribution >= 0.6 is 0 Å². The average Bonchev–Trinajstić information content (AvgIpc) is 2.77. The Morgan fingerprint density at radius 1 is 0.800 bits per heavy atom. The normalized spacial score (nSPS) is 16.0. The number of hydrogen-bond donors (Lipinski definition) is 0. The Kier molecular flexibility index (Phi) is 6.11. The third kappa shape index (κ3) is 4.52. The molecule has 1 heteroatoms. The van der Waals surface area contributed by atoms with Crippen LogP contribution in [-0.2, 0) is 5.41 Å². The van der Waals surface area contributed by atoms with E-state index in [9.17, 15) is 0 Å². The van der Waals surface area contributed by atoms with Gasteiger partial charge >= 0.3 is 0 Å². The lowest BCUT2D eigenvalue weighted by atomic mass is 9.82. The van der Waals surface area contributed by atoms with Crippen molar-refractivity contribution in [1.29, 1.82) is 0 Å². The molecule has 30 heavy (non-hydrogen) atoms. The third-order valence-corrected chi connectivity index (χ3v) is 7.06. The highest BCUT2D eigenvalue weighted by Crippen LogP contribution is 2.33. The molecule has 1 aliphatic heterocycles. The van der Waals surface area contributed by atoms with Gasteiger partial charge in [0.05, 0.1) is 0 Å². The van der Waals surface area contributed by atoms with Gasteiger partial charge in [-0.2, -0.15) is 0 Å². The maximum atomic E-state index is 2.66. The average molecular weight is 398 g/mol. The van der Waals surface area contributed by atoms with Crippen LogP contribution in [0, 0.1) is 13.8 Å². The van der Waals surface area contributed by atoms with Gasteiger partial charge in [0.2, 0.25) is 0 Å². The minimum absolute atomic E-state index is 0.196. The SMILES string of the molecule is Cc1cccc(-c2ccc(C3CCN(CC(C)(C)c4ccccc4)CC3)cc2)c1C. The minimum atomic E-state index is 0.196. The lowest BCUT2D eigenvalue weighted by Crippen LogP contribution is -2.41. The first kappa shape index (κ1) is 20.9. The van der Waals surface area contributed by atoms with Crippen molar-refractivity contribution in [2.45, 2.75) is 51.9 Å². The van der Waals surface area contributed by atoms with Crippen LogP contribution in [0.1, 0.15) is 54.9 Å². The van der Waals surface area contributed by atoms with Crippen molar-refractivity contribution in [2.24, 2.45) is 0 Å². The van der Waals surface area contributed by atoms with Gasteiger partial charge in [0.1, 0.15) is 0 Å². The molecule has 0 aromatic heterocycles. The van der Waals surface area contributed by atoms with Crippen molar-refractivity contribution in [3.8, 4) is 11.1 Å². The Morgan fingerprint density at radius 2 is 1.47 bits per heavy atom. The topological polar surface area (TPSA) is 3.24 Å². The first-order chi connectivity index (χ1) is 14.4. The van der Waals surface area contributed by atoms with Crippen LogP contribution in [-0.4, -0.2) is 24.5 Å². The second-order valence-corrected chi connectivity index (χ2v) is 9.67. The lowest BCUT2D eigenvalue weighted by Gasteiger charge is -2.38. The number of nitrogens with zero attached hydrogens (tertiary/aromatic N) is 1. The Hall–Kier alpha value is -2.38. The lowest BCUT2D eigenvalue weighted by molar-refractivity contribution is 0.177. The zero-order valence-electron chi connectivity index (χ0n) is 19.0. The molecule has 0 amide bonds. The zero-order valence-corrected chi connectivity index (χ0v) is 19.0. The molecule has 156 valence electrons. The number of likely N-dealkylation sites (tertiary alicyclic amines) is 1. The smallest absolute Gasteiger partial charge is 0.00733 e. The summed E-state index contributed by atoms with van der Waals surface area (Å²) in [5, 5.41) is 0. The van der Waals surface area contributed by atoms with Crippen LogP contribution in [0.5, 0.6) is 0 Å². The van der Waals surface area contributed by atoms with E-state index in [2.05, 4.69) is 105 Å². The van der Waals surface area contributed by atoms with Crippen LogP contribution in [0.2, 0.25) is 0 Å². The molecule has 3 aromatic carbocycles. The summed E-state index contributed by atoms with van der Waals surface area (Å²) in [6.07, 6.45) is 2.52. The summed E-state index contributed by atoms with van der Waals surface area (Å²) >= 11 is 0. The quantitative estimate of drug-likeness (QED) is 0.443. The monoisotopic (exact) mass is 397 g/mol. The van der Waals surface area contributed by atoms with Crippen molar-refractivity contribution in [2.75, 3.05) is 19.6 Å². The Bertz CT molecular complexity index is 961. The Labute approximate surface area is 182 Å². The fourth-order valence-corrected chi connectivity index (χ4v) is 4.96. The van der Waals surface area contributed by atoms with Crippen LogP contribution in [0.25, 0.3) is 11.1 Å². The highest BCUT2D eigenvalue weighted by Gasteiger charge is 2.27. The van der Waals surface area contributed by atoms with Gasteiger partial charge in [-0.1, -0.05) is 86.6 Å². The van der Waals surface area contributed by atoms with Gasteiger partial charge in [0, 0.05) is 12.0 Å². The number of benzene rings is 3. The molecule has 0 aliphatic carbocycles. The standard InChI is InChI=1S/C29H35N/c1-22-9-8-12-28(23(22)2)26-15-13-24(14-16-26)25-17-19-30(20-18-25)21-29(3,4)27-10-6-5-7-11-27/h5-16,25H,17-21H2,1-4H3. The van der Waals surface area contributed by atoms with Crippen molar-refractivity contribution < 1.29 is 0 Å². The van der Waals surface area contributed by atoms with E-state index in [-0.39, 0.29) is 5.41 Å². The molecule has 0 unspecified atom stereocenters. The molecule has 1 fully saturated rings. The van der Waals surface area contributed by atoms with E-state index in [4.69, 9.17) is 0 Å². The molecule has 0 radical (unpaired) electrons. The maximum absolute atomic E-state index is 2.66. The van der Waals surface area contributed by atoms with Crippen molar-refractivity contribution in [3.63, 3.8) is 0 Å². The second kappa shape index (κ2) is 8.78. The largest absolute Gasteiger partial charge is 0.302 e. The summed E-state index contributed by atoms with van der Waals surface area (Å²) < 4.78 is 0. The van der Waals surface area contributed by atoms with Crippen LogP contribution < -0.4 is 0 Å². The summed E-state index contributed by atoms with van der Waals surface area (Å²) in [5.74, 6) is 0.689. The fraction of sp³-hybridized carbons (Fsp3) is 0.379. The van der Waals surface area contributed by atoms with Crippen LogP contribution in [0.15, 0.2) is 72.8 Å². The first-order valence-corrected chi connectivity index (χ1v) is 11.4. The molecule has 0 atom stereocenters. The van der Waals surface area contributed by atoms with Gasteiger partial charge in [0.25, 0.3) is 0 Å². The van der Waals surface area contributed by atoms with Gasteiger partial charge < -0.3 is 4.90 Å². The molecule has 4 rings (SSSR count). The summed E-state index contributed by atoms with van der Waals surface area (Å²) in [4.78, 5) is 2.66. The number of piperidine rings is 1. The van der Waals surface area contributed by atoms with Crippen molar-refractivity contribution >= 4 is 0 Å². The molecular weight excluding hydrogens is 362 g/mol. The van der Waals surface area contributed by atoms with Gasteiger partial charge in [-0.3, -0.25) is 0 Å². The highest BCUT2D eigenvalue weighted by atomic mass is 15.1. The molecular formula is C29H35N. The molecule has 0 spiro atoms. The third-order valence-electron chi connectivity index (χ3n) is 7.06. The molecule has 3 aromatic rings. The van der Waals surface area contributed by atoms with E-state index in [0.717, 1.165) is 6.54 Å². The maximum Gasteiger partial charge on any atom is 0.00733 e. The predicted octanol–water partition coefficient (Wildman–Crippen LogP) is 7.13. The van der Waals surface area contributed by atoms with Gasteiger partial charge in [-0.05, 0) is 79.1 Å². The van der Waals surface area contributed by atoms with E-state index < -0.39 is 0 Å². The van der Waals surface area contributed by atoms with Crippen LogP contribution in [0.3, 0.4) is 0 Å². The van der Waals surface area contributed by atoms with Crippen molar-refractivity contribution in [3.05, 3.63) is 95.1 Å². The Balaban J connectivity index is 1.38. The molecule has 0 saturated carbocycles. The van der Waals surface area contributed by atoms with Gasteiger partial charge in [-0.25, -0.2) is 0 Å². The summed E-state index contributed by atoms with van der Waals surface area (Å²) in [5.41, 5.74) is 8.59. The molecule has 0 bridgehead atoms. The van der Waals surface area contributed by atoms with Crippen molar-refractivity contribution in [1.82, 2.24) is 4.90 Å². The number of rotatable bonds is 5. The van der Waals surface area contributed by atoms with Gasteiger partial charge in [0.15, 0.2) is 0 Å². The first-order valence-electron chi connectivity index (χ1n) is 11.4. The molecule has 1 nitrogen and oxygen atoms in total. The van der Waals surface area contributed by atoms with E-state index >= 15 is 0 Å². The van der Waals surface area contributed by atoms with E-state index in [1.807, 2.05) is 0 Å². The highest BCUT2D eigenvalue weighted by molar-refractivity contribution is 5.68. The zero-order chi connectivity index (χ0) is 21.1.